The Bertz CT molecular complexity index is 397. The standard InChI is InChI=1S/C17H31N3/c1-5-11-18-16(17(2,3)4)13-14-10-12-20(19-14)15-8-6-7-9-15/h10,12,15-16,18H,5-9,11,13H2,1-4H3. The van der Waals surface area contributed by atoms with Gasteiger partial charge in [-0.05, 0) is 37.3 Å². The van der Waals surface area contributed by atoms with Gasteiger partial charge in [0, 0.05) is 18.7 Å². The molecule has 1 saturated carbocycles. The van der Waals surface area contributed by atoms with Crippen molar-refractivity contribution in [1.82, 2.24) is 15.1 Å². The molecular formula is C17H31N3. The molecule has 1 atom stereocenters. The third-order valence-electron chi connectivity index (χ3n) is 4.46. The van der Waals surface area contributed by atoms with Crippen LogP contribution in [-0.4, -0.2) is 22.4 Å². The Kier molecular flexibility index (Phi) is 5.25. The quantitative estimate of drug-likeness (QED) is 0.853. The topological polar surface area (TPSA) is 29.9 Å². The van der Waals surface area contributed by atoms with Gasteiger partial charge in [-0.3, -0.25) is 4.68 Å². The molecule has 0 aliphatic heterocycles. The van der Waals surface area contributed by atoms with Gasteiger partial charge in [-0.1, -0.05) is 40.5 Å². The van der Waals surface area contributed by atoms with E-state index in [1.165, 1.54) is 37.8 Å². The number of nitrogens with zero attached hydrogens (tertiary/aromatic N) is 2. The maximum Gasteiger partial charge on any atom is 0.0640 e. The van der Waals surface area contributed by atoms with Crippen molar-refractivity contribution in [2.24, 2.45) is 5.41 Å². The first-order valence-electron chi connectivity index (χ1n) is 8.28. The van der Waals surface area contributed by atoms with Crippen LogP contribution in [0.3, 0.4) is 0 Å². The van der Waals surface area contributed by atoms with E-state index < -0.39 is 0 Å². The molecule has 3 heteroatoms. The molecule has 3 nitrogen and oxygen atoms in total. The van der Waals surface area contributed by atoms with Crippen LogP contribution < -0.4 is 5.32 Å². The highest BCUT2D eigenvalue weighted by atomic mass is 15.3. The third kappa shape index (κ3) is 4.08. The Balaban J connectivity index is 1.99. The van der Waals surface area contributed by atoms with E-state index in [4.69, 9.17) is 5.10 Å². The van der Waals surface area contributed by atoms with E-state index in [1.807, 2.05) is 0 Å². The second-order valence-corrected chi connectivity index (χ2v) is 7.30. The summed E-state index contributed by atoms with van der Waals surface area (Å²) in [6.45, 7) is 10.3. The first kappa shape index (κ1) is 15.6. The average Bonchev–Trinajstić information content (AvgIpc) is 3.03. The molecule has 1 N–H and O–H groups in total. The Morgan fingerprint density at radius 3 is 2.65 bits per heavy atom. The molecule has 1 aliphatic carbocycles. The van der Waals surface area contributed by atoms with Crippen molar-refractivity contribution in [3.63, 3.8) is 0 Å². The maximum absolute atomic E-state index is 4.83. The zero-order valence-electron chi connectivity index (χ0n) is 13.7. The Hall–Kier alpha value is -0.830. The van der Waals surface area contributed by atoms with Gasteiger partial charge in [-0.25, -0.2) is 0 Å². The number of aromatic nitrogens is 2. The van der Waals surface area contributed by atoms with Crippen molar-refractivity contribution in [3.8, 4) is 0 Å². The molecule has 0 radical (unpaired) electrons. The molecule has 0 saturated heterocycles. The normalized spacial score (nSPS) is 18.6. The van der Waals surface area contributed by atoms with Crippen LogP contribution in [0.4, 0.5) is 0 Å². The zero-order valence-corrected chi connectivity index (χ0v) is 13.7. The predicted molar refractivity (Wildman–Crippen MR) is 85.0 cm³/mol. The molecule has 1 fully saturated rings. The van der Waals surface area contributed by atoms with Gasteiger partial charge in [0.2, 0.25) is 0 Å². The van der Waals surface area contributed by atoms with Gasteiger partial charge in [0.25, 0.3) is 0 Å². The van der Waals surface area contributed by atoms with Crippen molar-refractivity contribution in [2.45, 2.75) is 78.3 Å². The fourth-order valence-corrected chi connectivity index (χ4v) is 3.07. The summed E-state index contributed by atoms with van der Waals surface area (Å²) in [7, 11) is 0. The fourth-order valence-electron chi connectivity index (χ4n) is 3.07. The van der Waals surface area contributed by atoms with Crippen LogP contribution in [0.5, 0.6) is 0 Å². The lowest BCUT2D eigenvalue weighted by atomic mass is 9.84. The van der Waals surface area contributed by atoms with E-state index >= 15 is 0 Å². The van der Waals surface area contributed by atoms with Crippen molar-refractivity contribution >= 4 is 0 Å². The van der Waals surface area contributed by atoms with E-state index in [1.54, 1.807) is 0 Å². The number of hydrogen-bond acceptors (Lipinski definition) is 2. The molecule has 0 amide bonds. The van der Waals surface area contributed by atoms with Crippen molar-refractivity contribution < 1.29 is 0 Å². The summed E-state index contributed by atoms with van der Waals surface area (Å²) in [6, 6.07) is 3.36. The lowest BCUT2D eigenvalue weighted by molar-refractivity contribution is 0.264. The highest BCUT2D eigenvalue weighted by molar-refractivity contribution is 5.04. The summed E-state index contributed by atoms with van der Waals surface area (Å²) >= 11 is 0. The molecule has 1 aromatic rings. The molecule has 2 rings (SSSR count). The lowest BCUT2D eigenvalue weighted by Gasteiger charge is -2.31. The van der Waals surface area contributed by atoms with Crippen LogP contribution in [0, 0.1) is 5.41 Å². The third-order valence-corrected chi connectivity index (χ3v) is 4.46. The largest absolute Gasteiger partial charge is 0.313 e. The van der Waals surface area contributed by atoms with Crippen LogP contribution in [0.15, 0.2) is 12.3 Å². The molecule has 1 aliphatic rings. The molecular weight excluding hydrogens is 246 g/mol. The van der Waals surface area contributed by atoms with Gasteiger partial charge in [0.05, 0.1) is 11.7 Å². The summed E-state index contributed by atoms with van der Waals surface area (Å²) in [4.78, 5) is 0. The van der Waals surface area contributed by atoms with E-state index in [0.717, 1.165) is 13.0 Å². The molecule has 0 spiro atoms. The van der Waals surface area contributed by atoms with Crippen LogP contribution >= 0.6 is 0 Å². The first-order chi connectivity index (χ1) is 9.50. The van der Waals surface area contributed by atoms with Crippen LogP contribution in [0.25, 0.3) is 0 Å². The van der Waals surface area contributed by atoms with Gasteiger partial charge in [-0.2, -0.15) is 5.10 Å². The summed E-state index contributed by atoms with van der Waals surface area (Å²) in [5, 5.41) is 8.52. The van der Waals surface area contributed by atoms with Gasteiger partial charge in [0.15, 0.2) is 0 Å². The van der Waals surface area contributed by atoms with Gasteiger partial charge in [-0.15, -0.1) is 0 Å². The summed E-state index contributed by atoms with van der Waals surface area (Å²) in [6.07, 6.45) is 9.73. The molecule has 0 bridgehead atoms. The SMILES string of the molecule is CCCNC(Cc1ccn(C2CCCC2)n1)C(C)(C)C. The molecule has 0 aromatic carbocycles. The lowest BCUT2D eigenvalue weighted by Crippen LogP contribution is -2.42. The number of hydrogen-bond donors (Lipinski definition) is 1. The monoisotopic (exact) mass is 277 g/mol. The molecule has 1 aromatic heterocycles. The summed E-state index contributed by atoms with van der Waals surface area (Å²) < 4.78 is 2.21. The summed E-state index contributed by atoms with van der Waals surface area (Å²) in [5.74, 6) is 0. The van der Waals surface area contributed by atoms with E-state index in [2.05, 4.69) is 50.0 Å². The van der Waals surface area contributed by atoms with Crippen LogP contribution in [0.2, 0.25) is 0 Å². The average molecular weight is 277 g/mol. The van der Waals surface area contributed by atoms with Crippen molar-refractivity contribution in [3.05, 3.63) is 18.0 Å². The smallest absolute Gasteiger partial charge is 0.0640 e. The van der Waals surface area contributed by atoms with Crippen molar-refractivity contribution in [1.29, 1.82) is 0 Å². The maximum atomic E-state index is 4.83. The van der Waals surface area contributed by atoms with E-state index in [-0.39, 0.29) is 5.41 Å². The molecule has 20 heavy (non-hydrogen) atoms. The second kappa shape index (κ2) is 6.75. The number of rotatable bonds is 6. The van der Waals surface area contributed by atoms with Crippen molar-refractivity contribution in [2.75, 3.05) is 6.54 Å². The van der Waals surface area contributed by atoms with E-state index in [9.17, 15) is 0 Å². The predicted octanol–water partition coefficient (Wildman–Crippen LogP) is 3.96. The fraction of sp³-hybridized carbons (Fsp3) is 0.824. The zero-order chi connectivity index (χ0) is 14.6. The van der Waals surface area contributed by atoms with Gasteiger partial charge in [0.1, 0.15) is 0 Å². The Labute approximate surface area is 124 Å². The highest BCUT2D eigenvalue weighted by Gasteiger charge is 2.25. The van der Waals surface area contributed by atoms with Crippen LogP contribution in [0.1, 0.15) is 71.5 Å². The summed E-state index contributed by atoms with van der Waals surface area (Å²) in [5.41, 5.74) is 1.51. The molecule has 1 heterocycles. The van der Waals surface area contributed by atoms with Crippen LogP contribution in [-0.2, 0) is 6.42 Å². The molecule has 114 valence electrons. The number of nitrogens with one attached hydrogen (secondary N) is 1. The van der Waals surface area contributed by atoms with Gasteiger partial charge < -0.3 is 5.32 Å². The Morgan fingerprint density at radius 2 is 2.05 bits per heavy atom. The highest BCUT2D eigenvalue weighted by Crippen LogP contribution is 2.29. The van der Waals surface area contributed by atoms with E-state index in [0.29, 0.717) is 12.1 Å². The first-order valence-corrected chi connectivity index (χ1v) is 8.28. The minimum absolute atomic E-state index is 0.270. The van der Waals surface area contributed by atoms with Gasteiger partial charge >= 0.3 is 0 Å². The minimum Gasteiger partial charge on any atom is -0.313 e. The Morgan fingerprint density at radius 1 is 1.35 bits per heavy atom. The minimum atomic E-state index is 0.270. The second-order valence-electron chi connectivity index (χ2n) is 7.30. The molecule has 1 unspecified atom stereocenters.